The Morgan fingerprint density at radius 1 is 1.10 bits per heavy atom. The van der Waals surface area contributed by atoms with Crippen molar-refractivity contribution in [1.82, 2.24) is 9.97 Å². The lowest BCUT2D eigenvalue weighted by Crippen LogP contribution is -2.31. The lowest BCUT2D eigenvalue weighted by Gasteiger charge is -2.27. The van der Waals surface area contributed by atoms with Crippen molar-refractivity contribution in [2.24, 2.45) is 0 Å². The Balaban J connectivity index is 1.85. The molecule has 0 saturated heterocycles. The van der Waals surface area contributed by atoms with Gasteiger partial charge < -0.3 is 10.0 Å². The summed E-state index contributed by atoms with van der Waals surface area (Å²) in [7, 11) is 3.86. The van der Waals surface area contributed by atoms with E-state index >= 15 is 0 Å². The molecule has 1 aliphatic heterocycles. The van der Waals surface area contributed by atoms with Gasteiger partial charge in [-0.1, -0.05) is 0 Å². The van der Waals surface area contributed by atoms with E-state index in [9.17, 15) is 14.7 Å². The zero-order valence-electron chi connectivity index (χ0n) is 17.7. The molecule has 0 saturated carbocycles. The Labute approximate surface area is 184 Å². The lowest BCUT2D eigenvalue weighted by molar-refractivity contribution is -0.117. The minimum absolute atomic E-state index is 0.0552. The molecule has 2 aromatic heterocycles. The predicted molar refractivity (Wildman–Crippen MR) is 121 cm³/mol. The first kappa shape index (κ1) is 20.7. The van der Waals surface area contributed by atoms with E-state index in [1.54, 1.807) is 31.5 Å². The lowest BCUT2D eigenvalue weighted by atomic mass is 9.95. The highest BCUT2D eigenvalue weighted by atomic mass is 32.1. The van der Waals surface area contributed by atoms with Crippen LogP contribution in [0.3, 0.4) is 0 Å². The maximum Gasteiger partial charge on any atom is 0.294 e. The van der Waals surface area contributed by atoms with Crippen molar-refractivity contribution in [3.05, 3.63) is 81.3 Å². The number of thiazole rings is 1. The van der Waals surface area contributed by atoms with Gasteiger partial charge in [-0.3, -0.25) is 19.5 Å². The topological polar surface area (TPSA) is 86.6 Å². The average Bonchev–Trinajstić information content (AvgIpc) is 3.24. The number of pyridine rings is 1. The van der Waals surface area contributed by atoms with Crippen LogP contribution in [0.5, 0.6) is 0 Å². The standard InChI is InChI=1S/C23H22N4O3S/c1-13-22(31-14(2)25-13)20(28)18-19(15-9-11-24-12-10-15)27(23(30)21(18)29)17-7-5-16(6-8-17)26(3)4/h5-12,19,29H,1-4H3. The Morgan fingerprint density at radius 3 is 2.29 bits per heavy atom. The van der Waals surface area contributed by atoms with Crippen molar-refractivity contribution in [3.63, 3.8) is 0 Å². The maximum atomic E-state index is 13.5. The molecule has 4 rings (SSSR count). The highest BCUT2D eigenvalue weighted by Gasteiger charge is 2.45. The van der Waals surface area contributed by atoms with E-state index in [0.717, 1.165) is 10.7 Å². The highest BCUT2D eigenvalue weighted by molar-refractivity contribution is 7.14. The van der Waals surface area contributed by atoms with Crippen LogP contribution in [0.15, 0.2) is 60.1 Å². The molecular formula is C23H22N4O3S. The van der Waals surface area contributed by atoms with Gasteiger partial charge in [-0.15, -0.1) is 11.3 Å². The number of rotatable bonds is 5. The van der Waals surface area contributed by atoms with Crippen LogP contribution in [0.4, 0.5) is 11.4 Å². The first-order valence-electron chi connectivity index (χ1n) is 9.72. The zero-order chi connectivity index (χ0) is 22.3. The third-order valence-electron chi connectivity index (χ3n) is 5.23. The molecule has 1 aromatic carbocycles. The smallest absolute Gasteiger partial charge is 0.294 e. The number of aliphatic hydroxyl groups excluding tert-OH is 1. The molecule has 0 fully saturated rings. The van der Waals surface area contributed by atoms with Gasteiger partial charge in [-0.25, -0.2) is 4.98 Å². The van der Waals surface area contributed by atoms with Gasteiger partial charge in [-0.05, 0) is 55.8 Å². The number of hydrogen-bond acceptors (Lipinski definition) is 7. The average molecular weight is 435 g/mol. The number of Topliss-reactive ketones (excluding diaryl/α,β-unsaturated/α-hetero) is 1. The number of ketones is 1. The second-order valence-corrected chi connectivity index (χ2v) is 8.71. The first-order chi connectivity index (χ1) is 14.8. The fourth-order valence-corrected chi connectivity index (χ4v) is 4.61. The summed E-state index contributed by atoms with van der Waals surface area (Å²) in [5, 5.41) is 11.6. The van der Waals surface area contributed by atoms with Crippen molar-refractivity contribution in [2.45, 2.75) is 19.9 Å². The number of aryl methyl sites for hydroxylation is 2. The fraction of sp³-hybridized carbons (Fsp3) is 0.217. The van der Waals surface area contributed by atoms with Crippen molar-refractivity contribution >= 4 is 34.4 Å². The van der Waals surface area contributed by atoms with E-state index in [1.807, 2.05) is 50.2 Å². The Hall–Kier alpha value is -3.52. The van der Waals surface area contributed by atoms with Crippen LogP contribution in [0.25, 0.3) is 0 Å². The molecule has 7 nitrogen and oxygen atoms in total. The fourth-order valence-electron chi connectivity index (χ4n) is 3.74. The molecule has 31 heavy (non-hydrogen) atoms. The van der Waals surface area contributed by atoms with E-state index in [-0.39, 0.29) is 11.4 Å². The largest absolute Gasteiger partial charge is 0.503 e. The van der Waals surface area contributed by atoms with Crippen LogP contribution in [-0.2, 0) is 4.79 Å². The summed E-state index contributed by atoms with van der Waals surface area (Å²) in [5.74, 6) is -1.53. The van der Waals surface area contributed by atoms with Crippen molar-refractivity contribution in [1.29, 1.82) is 0 Å². The molecule has 8 heteroatoms. The van der Waals surface area contributed by atoms with E-state index in [0.29, 0.717) is 21.8 Å². The van der Waals surface area contributed by atoms with Gasteiger partial charge >= 0.3 is 0 Å². The van der Waals surface area contributed by atoms with Crippen LogP contribution in [0, 0.1) is 13.8 Å². The summed E-state index contributed by atoms with van der Waals surface area (Å²) in [5.41, 5.74) is 2.89. The van der Waals surface area contributed by atoms with Gasteiger partial charge in [0.1, 0.15) is 0 Å². The van der Waals surface area contributed by atoms with E-state index in [2.05, 4.69) is 9.97 Å². The molecule has 1 amide bonds. The minimum atomic E-state index is -0.769. The summed E-state index contributed by atoms with van der Waals surface area (Å²) in [6.07, 6.45) is 3.21. The number of benzene rings is 1. The Morgan fingerprint density at radius 2 is 1.74 bits per heavy atom. The van der Waals surface area contributed by atoms with E-state index in [1.165, 1.54) is 16.2 Å². The number of aliphatic hydroxyl groups is 1. The van der Waals surface area contributed by atoms with Gasteiger partial charge in [0.2, 0.25) is 5.78 Å². The van der Waals surface area contributed by atoms with Crippen LogP contribution in [0.2, 0.25) is 0 Å². The second kappa shape index (κ2) is 7.96. The number of nitrogens with zero attached hydrogens (tertiary/aromatic N) is 4. The van der Waals surface area contributed by atoms with Crippen LogP contribution in [-0.4, -0.2) is 40.9 Å². The normalized spacial score (nSPS) is 16.2. The molecule has 0 bridgehead atoms. The number of hydrogen-bond donors (Lipinski definition) is 1. The number of anilines is 2. The first-order valence-corrected chi connectivity index (χ1v) is 10.5. The van der Waals surface area contributed by atoms with Crippen LogP contribution < -0.4 is 9.80 Å². The summed E-state index contributed by atoms with van der Waals surface area (Å²) < 4.78 is 0. The quantitative estimate of drug-likeness (QED) is 0.611. The van der Waals surface area contributed by atoms with Gasteiger partial charge in [0, 0.05) is 37.9 Å². The van der Waals surface area contributed by atoms with Crippen molar-refractivity contribution in [2.75, 3.05) is 23.9 Å². The zero-order valence-corrected chi connectivity index (χ0v) is 18.5. The molecule has 3 aromatic rings. The molecule has 1 atom stereocenters. The molecule has 0 spiro atoms. The molecule has 1 unspecified atom stereocenters. The molecular weight excluding hydrogens is 412 g/mol. The van der Waals surface area contributed by atoms with Gasteiger partial charge in [0.15, 0.2) is 5.76 Å². The minimum Gasteiger partial charge on any atom is -0.503 e. The monoisotopic (exact) mass is 434 g/mol. The number of carbonyl (C=O) groups excluding carboxylic acids is 2. The molecule has 3 heterocycles. The third kappa shape index (κ3) is 3.59. The van der Waals surface area contributed by atoms with Gasteiger partial charge in [0.05, 0.1) is 27.2 Å². The molecule has 1 aliphatic rings. The van der Waals surface area contributed by atoms with Crippen molar-refractivity contribution < 1.29 is 14.7 Å². The Kier molecular flexibility index (Phi) is 5.32. The van der Waals surface area contributed by atoms with Crippen LogP contribution in [0.1, 0.15) is 32.0 Å². The summed E-state index contributed by atoms with van der Waals surface area (Å²) in [6.45, 7) is 3.58. The second-order valence-electron chi connectivity index (χ2n) is 7.51. The number of carbonyl (C=O) groups is 2. The number of amides is 1. The summed E-state index contributed by atoms with van der Waals surface area (Å²) >= 11 is 1.26. The SMILES string of the molecule is Cc1nc(C)c(C(=O)C2=C(O)C(=O)N(c3ccc(N(C)C)cc3)C2c2ccncc2)s1. The van der Waals surface area contributed by atoms with Gasteiger partial charge in [0.25, 0.3) is 5.91 Å². The molecule has 0 aliphatic carbocycles. The van der Waals surface area contributed by atoms with E-state index in [4.69, 9.17) is 0 Å². The molecule has 1 N–H and O–H groups in total. The van der Waals surface area contributed by atoms with Crippen molar-refractivity contribution in [3.8, 4) is 0 Å². The number of aromatic nitrogens is 2. The summed E-state index contributed by atoms with van der Waals surface area (Å²) in [4.78, 5) is 38.9. The molecule has 0 radical (unpaired) electrons. The maximum absolute atomic E-state index is 13.5. The summed E-state index contributed by atoms with van der Waals surface area (Å²) in [6, 6.07) is 10.1. The predicted octanol–water partition coefficient (Wildman–Crippen LogP) is 4.00. The van der Waals surface area contributed by atoms with Crippen LogP contribution >= 0.6 is 11.3 Å². The third-order valence-corrected chi connectivity index (χ3v) is 6.30. The highest BCUT2D eigenvalue weighted by Crippen LogP contribution is 2.42. The van der Waals surface area contributed by atoms with Gasteiger partial charge in [-0.2, -0.15) is 0 Å². The Bertz CT molecular complexity index is 1180. The van der Waals surface area contributed by atoms with E-state index < -0.39 is 17.7 Å². The molecule has 158 valence electrons.